The molecule has 0 bridgehead atoms. The van der Waals surface area contributed by atoms with Crippen molar-refractivity contribution >= 4 is 5.82 Å². The Labute approximate surface area is 128 Å². The summed E-state index contributed by atoms with van der Waals surface area (Å²) in [5.41, 5.74) is 7.44. The largest absolute Gasteiger partial charge is 0.383 e. The molecule has 2 heterocycles. The Morgan fingerprint density at radius 1 is 1.14 bits per heavy atom. The van der Waals surface area contributed by atoms with Gasteiger partial charge in [0.15, 0.2) is 0 Å². The molecular weight excluding hydrogens is 260 g/mol. The highest BCUT2D eigenvalue weighted by molar-refractivity contribution is 5.38. The molecule has 1 aliphatic carbocycles. The fourth-order valence-corrected chi connectivity index (χ4v) is 4.04. The summed E-state index contributed by atoms with van der Waals surface area (Å²) in [6.45, 7) is 4.49. The second kappa shape index (κ2) is 6.75. The lowest BCUT2D eigenvalue weighted by Crippen LogP contribution is -2.54. The molecule has 1 saturated carbocycles. The number of hydrogen-bond acceptors (Lipinski definition) is 4. The van der Waals surface area contributed by atoms with Crippen molar-refractivity contribution in [1.29, 1.82) is 0 Å². The zero-order valence-electron chi connectivity index (χ0n) is 13.0. The lowest BCUT2D eigenvalue weighted by Gasteiger charge is -2.44. The van der Waals surface area contributed by atoms with Crippen molar-refractivity contribution < 1.29 is 0 Å². The Bertz CT molecular complexity index is 448. The number of nitrogens with two attached hydrogens (primary N) is 1. The number of nitrogens with zero attached hydrogens (tertiary/aromatic N) is 2. The van der Waals surface area contributed by atoms with Crippen molar-refractivity contribution in [1.82, 2.24) is 15.2 Å². The van der Waals surface area contributed by atoms with E-state index in [1.807, 2.05) is 6.07 Å². The number of rotatable bonds is 5. The average molecular weight is 288 g/mol. The molecule has 2 aliphatic rings. The predicted octanol–water partition coefficient (Wildman–Crippen LogP) is 2.55. The van der Waals surface area contributed by atoms with Gasteiger partial charge >= 0.3 is 0 Å². The number of nitrogens with one attached hydrogen (secondary N) is 1. The molecule has 1 aromatic heterocycles. The van der Waals surface area contributed by atoms with E-state index in [0.29, 0.717) is 11.4 Å². The average Bonchev–Trinajstić information content (AvgIpc) is 3.00. The highest BCUT2D eigenvalue weighted by Crippen LogP contribution is 2.36. The van der Waals surface area contributed by atoms with Gasteiger partial charge in [-0.25, -0.2) is 4.98 Å². The Morgan fingerprint density at radius 2 is 1.90 bits per heavy atom. The first-order chi connectivity index (χ1) is 10.3. The number of hydrogen-bond donors (Lipinski definition) is 2. The van der Waals surface area contributed by atoms with E-state index in [0.717, 1.165) is 18.7 Å². The van der Waals surface area contributed by atoms with E-state index >= 15 is 0 Å². The van der Waals surface area contributed by atoms with Gasteiger partial charge in [0.1, 0.15) is 5.82 Å². The van der Waals surface area contributed by atoms with Crippen LogP contribution in [0.5, 0.6) is 0 Å². The number of nitrogen functional groups attached to an aromatic ring is 1. The van der Waals surface area contributed by atoms with Crippen LogP contribution in [0.15, 0.2) is 18.3 Å². The molecule has 0 radical (unpaired) electrons. The van der Waals surface area contributed by atoms with Crippen molar-refractivity contribution in [2.75, 3.05) is 25.4 Å². The first kappa shape index (κ1) is 14.8. The van der Waals surface area contributed by atoms with Gasteiger partial charge in [0.25, 0.3) is 0 Å². The monoisotopic (exact) mass is 288 g/mol. The van der Waals surface area contributed by atoms with Gasteiger partial charge in [0.2, 0.25) is 0 Å². The molecule has 3 N–H and O–H groups in total. The maximum absolute atomic E-state index is 5.93. The molecule has 116 valence electrons. The number of aromatic nitrogens is 1. The second-order valence-electron chi connectivity index (χ2n) is 6.63. The molecule has 0 atom stereocenters. The molecule has 0 unspecified atom stereocenters. The first-order valence-corrected chi connectivity index (χ1v) is 8.45. The van der Waals surface area contributed by atoms with Gasteiger partial charge in [-0.1, -0.05) is 25.3 Å². The van der Waals surface area contributed by atoms with Crippen molar-refractivity contribution in [3.05, 3.63) is 23.9 Å². The van der Waals surface area contributed by atoms with Gasteiger partial charge in [-0.3, -0.25) is 4.90 Å². The SMILES string of the molecule is Nc1ncccc1CNCC1(N2CCCCC2)CCCC1. The zero-order chi connectivity index (χ0) is 14.5. The van der Waals surface area contributed by atoms with Crippen molar-refractivity contribution in [2.45, 2.75) is 57.0 Å². The van der Waals surface area contributed by atoms with Crippen LogP contribution in [-0.2, 0) is 6.54 Å². The summed E-state index contributed by atoms with van der Waals surface area (Å²) in [7, 11) is 0. The molecular formula is C17H28N4. The van der Waals surface area contributed by atoms with Gasteiger partial charge in [0.05, 0.1) is 0 Å². The van der Waals surface area contributed by atoms with Crippen molar-refractivity contribution in [3.63, 3.8) is 0 Å². The molecule has 3 rings (SSSR count). The topological polar surface area (TPSA) is 54.2 Å². The van der Waals surface area contributed by atoms with Gasteiger partial charge in [-0.15, -0.1) is 0 Å². The lowest BCUT2D eigenvalue weighted by atomic mass is 9.92. The molecule has 4 heteroatoms. The van der Waals surface area contributed by atoms with Crippen LogP contribution in [0.1, 0.15) is 50.5 Å². The minimum Gasteiger partial charge on any atom is -0.383 e. The Kier molecular flexibility index (Phi) is 4.76. The van der Waals surface area contributed by atoms with E-state index in [9.17, 15) is 0 Å². The highest BCUT2D eigenvalue weighted by Gasteiger charge is 2.39. The second-order valence-corrected chi connectivity index (χ2v) is 6.63. The van der Waals surface area contributed by atoms with Gasteiger partial charge in [0, 0.05) is 30.4 Å². The van der Waals surface area contributed by atoms with Crippen LogP contribution >= 0.6 is 0 Å². The maximum Gasteiger partial charge on any atom is 0.127 e. The molecule has 1 saturated heterocycles. The van der Waals surface area contributed by atoms with E-state index in [1.165, 1.54) is 58.0 Å². The third kappa shape index (κ3) is 3.38. The van der Waals surface area contributed by atoms with Crippen LogP contribution in [-0.4, -0.2) is 35.1 Å². The van der Waals surface area contributed by atoms with Gasteiger partial charge in [-0.2, -0.15) is 0 Å². The normalized spacial score (nSPS) is 22.5. The van der Waals surface area contributed by atoms with Gasteiger partial charge < -0.3 is 11.1 Å². The predicted molar refractivity (Wildman–Crippen MR) is 87.0 cm³/mol. The fraction of sp³-hybridized carbons (Fsp3) is 0.706. The third-order valence-electron chi connectivity index (χ3n) is 5.26. The Hall–Kier alpha value is -1.13. The summed E-state index contributed by atoms with van der Waals surface area (Å²) in [6.07, 6.45) is 11.4. The number of anilines is 1. The van der Waals surface area contributed by atoms with E-state index < -0.39 is 0 Å². The molecule has 1 aliphatic heterocycles. The smallest absolute Gasteiger partial charge is 0.127 e. The minimum absolute atomic E-state index is 0.400. The van der Waals surface area contributed by atoms with Crippen molar-refractivity contribution in [3.8, 4) is 0 Å². The Morgan fingerprint density at radius 3 is 2.62 bits per heavy atom. The molecule has 21 heavy (non-hydrogen) atoms. The first-order valence-electron chi connectivity index (χ1n) is 8.45. The van der Waals surface area contributed by atoms with Crippen LogP contribution in [0.25, 0.3) is 0 Å². The number of likely N-dealkylation sites (tertiary alicyclic amines) is 1. The summed E-state index contributed by atoms with van der Waals surface area (Å²) in [5.74, 6) is 0.656. The number of piperidine rings is 1. The van der Waals surface area contributed by atoms with Crippen LogP contribution < -0.4 is 11.1 Å². The standard InChI is InChI=1S/C17H28N4/c18-16-15(7-6-10-20-16)13-19-14-17(8-2-3-9-17)21-11-4-1-5-12-21/h6-7,10,19H,1-5,8-9,11-14H2,(H2,18,20). The van der Waals surface area contributed by atoms with Crippen LogP contribution in [0.2, 0.25) is 0 Å². The maximum atomic E-state index is 5.93. The summed E-state index contributed by atoms with van der Waals surface area (Å²) in [6, 6.07) is 4.03. The molecule has 4 nitrogen and oxygen atoms in total. The molecule has 0 amide bonds. The van der Waals surface area contributed by atoms with E-state index in [1.54, 1.807) is 6.20 Å². The number of pyridine rings is 1. The van der Waals surface area contributed by atoms with E-state index in [4.69, 9.17) is 5.73 Å². The van der Waals surface area contributed by atoms with Crippen molar-refractivity contribution in [2.24, 2.45) is 0 Å². The highest BCUT2D eigenvalue weighted by atomic mass is 15.2. The summed E-state index contributed by atoms with van der Waals surface area (Å²) < 4.78 is 0. The lowest BCUT2D eigenvalue weighted by molar-refractivity contribution is 0.0696. The minimum atomic E-state index is 0.400. The fourth-order valence-electron chi connectivity index (χ4n) is 4.04. The van der Waals surface area contributed by atoms with Gasteiger partial charge in [-0.05, 0) is 44.8 Å². The molecule has 2 fully saturated rings. The van der Waals surface area contributed by atoms with Crippen LogP contribution in [0, 0.1) is 0 Å². The third-order valence-corrected chi connectivity index (χ3v) is 5.26. The molecule has 1 aromatic rings. The quantitative estimate of drug-likeness (QED) is 0.874. The summed E-state index contributed by atoms with van der Waals surface area (Å²) >= 11 is 0. The summed E-state index contributed by atoms with van der Waals surface area (Å²) in [5, 5.41) is 3.66. The summed E-state index contributed by atoms with van der Waals surface area (Å²) in [4.78, 5) is 6.93. The zero-order valence-corrected chi connectivity index (χ0v) is 13.0. The van der Waals surface area contributed by atoms with Crippen LogP contribution in [0.3, 0.4) is 0 Å². The molecule has 0 spiro atoms. The molecule has 0 aromatic carbocycles. The van der Waals surface area contributed by atoms with E-state index in [-0.39, 0.29) is 0 Å². The Balaban J connectivity index is 1.59. The van der Waals surface area contributed by atoms with Crippen LogP contribution in [0.4, 0.5) is 5.82 Å². The van der Waals surface area contributed by atoms with E-state index in [2.05, 4.69) is 21.3 Å².